The number of benzene rings is 1. The Hall–Kier alpha value is -2.66. The molecule has 0 aliphatic carbocycles. The highest BCUT2D eigenvalue weighted by atomic mass is 16.5. The van der Waals surface area contributed by atoms with E-state index in [4.69, 9.17) is 15.0 Å². The van der Waals surface area contributed by atoms with Gasteiger partial charge in [-0.15, -0.1) is 0 Å². The van der Waals surface area contributed by atoms with Gasteiger partial charge in [0.1, 0.15) is 11.5 Å². The lowest BCUT2D eigenvalue weighted by Gasteiger charge is -2.10. The molecule has 0 aromatic heterocycles. The van der Waals surface area contributed by atoms with E-state index in [-0.39, 0.29) is 5.69 Å². The van der Waals surface area contributed by atoms with Gasteiger partial charge in [-0.25, -0.2) is 4.79 Å². The number of hydrogen-bond acceptors (Lipinski definition) is 5. The minimum Gasteiger partial charge on any atom is -0.497 e. The van der Waals surface area contributed by atoms with Crippen molar-refractivity contribution in [3.8, 4) is 11.5 Å². The fourth-order valence-electron chi connectivity index (χ4n) is 1.38. The molecule has 0 aliphatic rings. The maximum Gasteiger partial charge on any atom is 0.330 e. The molecule has 19 heavy (non-hydrogen) atoms. The number of nitrogens with zero attached hydrogens (tertiary/aromatic N) is 3. The first kappa shape index (κ1) is 14.4. The Morgan fingerprint density at radius 2 is 2.05 bits per heavy atom. The van der Waals surface area contributed by atoms with Crippen LogP contribution in [0.4, 0.5) is 5.69 Å². The lowest BCUT2D eigenvalue weighted by molar-refractivity contribution is -0.134. The van der Waals surface area contributed by atoms with Crippen molar-refractivity contribution in [1.29, 1.82) is 0 Å². The van der Waals surface area contributed by atoms with E-state index in [0.717, 1.165) is 0 Å². The average Bonchev–Trinajstić information content (AvgIpc) is 2.45. The summed E-state index contributed by atoms with van der Waals surface area (Å²) in [6.45, 7) is 0. The molecule has 0 heterocycles. The molecule has 0 fully saturated rings. The quantitative estimate of drug-likeness (QED) is 0.268. The molecule has 0 saturated carbocycles. The topological polar surface area (TPSA) is 93.5 Å². The Bertz CT molecular complexity index is 548. The lowest BCUT2D eigenvalue weighted by atomic mass is 10.1. The molecule has 0 unspecified atom stereocenters. The van der Waals surface area contributed by atoms with Crippen molar-refractivity contribution in [2.45, 2.75) is 0 Å². The minimum atomic E-state index is -0.520. The molecule has 1 aromatic rings. The van der Waals surface area contributed by atoms with Gasteiger partial charge < -0.3 is 14.2 Å². The fraction of sp³-hybridized carbons (Fsp3) is 0.250. The third kappa shape index (κ3) is 3.65. The van der Waals surface area contributed by atoms with Crippen molar-refractivity contribution in [2.75, 3.05) is 21.3 Å². The second-order valence-corrected chi connectivity index (χ2v) is 3.31. The summed E-state index contributed by atoms with van der Waals surface area (Å²) in [5.74, 6) is 0.341. The van der Waals surface area contributed by atoms with Gasteiger partial charge in [0.2, 0.25) is 0 Å². The van der Waals surface area contributed by atoms with Gasteiger partial charge in [-0.1, -0.05) is 5.11 Å². The molecular formula is C12H13N3O4. The van der Waals surface area contributed by atoms with Gasteiger partial charge in [-0.3, -0.25) is 0 Å². The predicted octanol–water partition coefficient (Wildman–Crippen LogP) is 2.83. The standard InChI is InChI=1S/C12H13N3O4/c1-17-9-6-8(4-5-11(16)19-3)12(14-15-13)10(7-9)18-2/h4-7H,1-3H3/b5-4+. The average molecular weight is 263 g/mol. The maximum atomic E-state index is 11.1. The van der Waals surface area contributed by atoms with E-state index < -0.39 is 5.97 Å². The van der Waals surface area contributed by atoms with E-state index in [2.05, 4.69) is 14.8 Å². The van der Waals surface area contributed by atoms with Crippen LogP contribution in [0.25, 0.3) is 16.5 Å². The van der Waals surface area contributed by atoms with Crippen LogP contribution < -0.4 is 9.47 Å². The summed E-state index contributed by atoms with van der Waals surface area (Å²) in [5.41, 5.74) is 9.32. The molecule has 0 N–H and O–H groups in total. The van der Waals surface area contributed by atoms with Crippen LogP contribution in [0.2, 0.25) is 0 Å². The van der Waals surface area contributed by atoms with Crippen LogP contribution in [0.5, 0.6) is 11.5 Å². The Kier molecular flexibility index (Phi) is 5.25. The van der Waals surface area contributed by atoms with Crippen LogP contribution in [0.3, 0.4) is 0 Å². The van der Waals surface area contributed by atoms with Crippen molar-refractivity contribution in [3.63, 3.8) is 0 Å². The van der Waals surface area contributed by atoms with E-state index >= 15 is 0 Å². The highest BCUT2D eigenvalue weighted by Gasteiger charge is 2.09. The number of carbonyl (C=O) groups excluding carboxylic acids is 1. The summed E-state index contributed by atoms with van der Waals surface area (Å²) in [5, 5.41) is 3.55. The molecule has 7 nitrogen and oxygen atoms in total. The summed E-state index contributed by atoms with van der Waals surface area (Å²) in [6.07, 6.45) is 2.67. The summed E-state index contributed by atoms with van der Waals surface area (Å²) in [4.78, 5) is 13.8. The first-order valence-electron chi connectivity index (χ1n) is 5.23. The zero-order valence-corrected chi connectivity index (χ0v) is 10.8. The van der Waals surface area contributed by atoms with E-state index in [9.17, 15) is 4.79 Å². The van der Waals surface area contributed by atoms with Gasteiger partial charge in [0, 0.05) is 17.1 Å². The minimum absolute atomic E-state index is 0.269. The molecule has 0 aliphatic heterocycles. The summed E-state index contributed by atoms with van der Waals surface area (Å²) in [6, 6.07) is 3.20. The van der Waals surface area contributed by atoms with E-state index in [1.807, 2.05) is 0 Å². The number of ether oxygens (including phenoxy) is 3. The number of methoxy groups -OCH3 is 3. The Labute approximate surface area is 110 Å². The molecule has 100 valence electrons. The molecule has 1 aromatic carbocycles. The van der Waals surface area contributed by atoms with Crippen LogP contribution in [-0.4, -0.2) is 27.3 Å². The summed E-state index contributed by atoms with van der Waals surface area (Å²) in [7, 11) is 4.21. The second-order valence-electron chi connectivity index (χ2n) is 3.31. The monoisotopic (exact) mass is 263 g/mol. The van der Waals surface area contributed by atoms with Crippen LogP contribution >= 0.6 is 0 Å². The van der Waals surface area contributed by atoms with Crippen LogP contribution in [0.1, 0.15) is 5.56 Å². The van der Waals surface area contributed by atoms with E-state index in [1.54, 1.807) is 12.1 Å². The highest BCUT2D eigenvalue weighted by Crippen LogP contribution is 2.36. The zero-order valence-electron chi connectivity index (χ0n) is 10.8. The SMILES string of the molecule is COC(=O)/C=C/c1cc(OC)cc(OC)c1N=[N+]=[N-]. The summed E-state index contributed by atoms with van der Waals surface area (Å²) >= 11 is 0. The zero-order chi connectivity index (χ0) is 14.3. The second kappa shape index (κ2) is 6.93. The lowest BCUT2D eigenvalue weighted by Crippen LogP contribution is -1.94. The predicted molar refractivity (Wildman–Crippen MR) is 69.4 cm³/mol. The van der Waals surface area contributed by atoms with Crippen LogP contribution in [0, 0.1) is 0 Å². The fourth-order valence-corrected chi connectivity index (χ4v) is 1.38. The molecule has 0 saturated heterocycles. The van der Waals surface area contributed by atoms with Crippen molar-refractivity contribution in [2.24, 2.45) is 5.11 Å². The first-order valence-corrected chi connectivity index (χ1v) is 5.23. The van der Waals surface area contributed by atoms with Crippen molar-refractivity contribution in [1.82, 2.24) is 0 Å². The number of carbonyl (C=O) groups is 1. The molecule has 0 spiro atoms. The van der Waals surface area contributed by atoms with Gasteiger partial charge in [0.15, 0.2) is 0 Å². The van der Waals surface area contributed by atoms with Gasteiger partial charge in [-0.2, -0.15) is 0 Å². The van der Waals surface area contributed by atoms with Gasteiger partial charge >= 0.3 is 5.97 Å². The number of azide groups is 1. The molecular weight excluding hydrogens is 250 g/mol. The number of hydrogen-bond donors (Lipinski definition) is 0. The van der Waals surface area contributed by atoms with E-state index in [0.29, 0.717) is 17.1 Å². The van der Waals surface area contributed by atoms with Crippen molar-refractivity contribution >= 4 is 17.7 Å². The first-order chi connectivity index (χ1) is 9.15. The Morgan fingerprint density at radius 1 is 1.32 bits per heavy atom. The molecule has 7 heteroatoms. The smallest absolute Gasteiger partial charge is 0.330 e. The maximum absolute atomic E-state index is 11.1. The third-order valence-electron chi connectivity index (χ3n) is 2.28. The Balaban J connectivity index is 3.36. The largest absolute Gasteiger partial charge is 0.497 e. The van der Waals surface area contributed by atoms with Gasteiger partial charge in [0.05, 0.1) is 27.0 Å². The molecule has 0 radical (unpaired) electrons. The van der Waals surface area contributed by atoms with Crippen LogP contribution in [0.15, 0.2) is 23.3 Å². The molecule has 0 atom stereocenters. The van der Waals surface area contributed by atoms with Crippen molar-refractivity contribution in [3.05, 3.63) is 34.2 Å². The van der Waals surface area contributed by atoms with Gasteiger partial charge in [-0.05, 0) is 23.2 Å². The van der Waals surface area contributed by atoms with Crippen molar-refractivity contribution < 1.29 is 19.0 Å². The molecule has 0 amide bonds. The number of esters is 1. The Morgan fingerprint density at radius 3 is 2.58 bits per heavy atom. The summed E-state index contributed by atoms with van der Waals surface area (Å²) < 4.78 is 14.7. The third-order valence-corrected chi connectivity index (χ3v) is 2.28. The normalized spacial score (nSPS) is 9.84. The van der Waals surface area contributed by atoms with Crippen LogP contribution in [-0.2, 0) is 9.53 Å². The molecule has 0 bridgehead atoms. The highest BCUT2D eigenvalue weighted by molar-refractivity contribution is 5.88. The number of rotatable bonds is 5. The molecule has 1 rings (SSSR count). The van der Waals surface area contributed by atoms with E-state index in [1.165, 1.54) is 33.5 Å². The van der Waals surface area contributed by atoms with Gasteiger partial charge in [0.25, 0.3) is 0 Å².